The second kappa shape index (κ2) is 6.19. The minimum absolute atomic E-state index is 0.588. The van der Waals surface area contributed by atoms with E-state index in [1.165, 1.54) is 16.0 Å². The van der Waals surface area contributed by atoms with Crippen molar-refractivity contribution in [3.63, 3.8) is 0 Å². The Morgan fingerprint density at radius 3 is 2.60 bits per heavy atom. The van der Waals surface area contributed by atoms with Gasteiger partial charge in [-0.05, 0) is 25.5 Å². The molecule has 0 aromatic heterocycles. The van der Waals surface area contributed by atoms with Gasteiger partial charge in [-0.25, -0.2) is 0 Å². The zero-order valence-electron chi connectivity index (χ0n) is 10.1. The minimum atomic E-state index is 0.588. The molecule has 0 unspecified atom stereocenters. The molecule has 2 heteroatoms. The zero-order valence-corrected chi connectivity index (χ0v) is 10.9. The first-order chi connectivity index (χ1) is 7.09. The fourth-order valence-electron chi connectivity index (χ4n) is 1.47. The van der Waals surface area contributed by atoms with Crippen molar-refractivity contribution in [2.24, 2.45) is 0 Å². The van der Waals surface area contributed by atoms with Crippen molar-refractivity contribution in [1.82, 2.24) is 5.32 Å². The van der Waals surface area contributed by atoms with Gasteiger partial charge in [0, 0.05) is 23.2 Å². The molecule has 15 heavy (non-hydrogen) atoms. The van der Waals surface area contributed by atoms with Crippen molar-refractivity contribution in [3.05, 3.63) is 29.3 Å². The number of aryl methyl sites for hydroxylation is 2. The van der Waals surface area contributed by atoms with Crippen molar-refractivity contribution >= 4 is 11.8 Å². The molecule has 1 N–H and O–H groups in total. The van der Waals surface area contributed by atoms with Gasteiger partial charge < -0.3 is 5.32 Å². The molecule has 0 saturated heterocycles. The van der Waals surface area contributed by atoms with Crippen molar-refractivity contribution in [2.75, 3.05) is 12.3 Å². The number of hydrogen-bond acceptors (Lipinski definition) is 2. The Bertz CT molecular complexity index is 307. The van der Waals surface area contributed by atoms with Crippen molar-refractivity contribution in [3.8, 4) is 0 Å². The van der Waals surface area contributed by atoms with Gasteiger partial charge in [0.2, 0.25) is 0 Å². The Balaban J connectivity index is 2.37. The highest BCUT2D eigenvalue weighted by atomic mass is 32.2. The zero-order chi connectivity index (χ0) is 11.3. The van der Waals surface area contributed by atoms with E-state index in [0.29, 0.717) is 6.04 Å². The lowest BCUT2D eigenvalue weighted by molar-refractivity contribution is 0.616. The molecule has 0 saturated carbocycles. The fraction of sp³-hybridized carbons (Fsp3) is 0.538. The molecule has 1 aromatic rings. The van der Waals surface area contributed by atoms with Gasteiger partial charge in [0.1, 0.15) is 0 Å². The second-order valence-electron chi connectivity index (χ2n) is 4.23. The van der Waals surface area contributed by atoms with E-state index >= 15 is 0 Å². The molecule has 0 radical (unpaired) electrons. The van der Waals surface area contributed by atoms with E-state index < -0.39 is 0 Å². The second-order valence-corrected chi connectivity index (χ2v) is 5.36. The Morgan fingerprint density at radius 2 is 2.00 bits per heavy atom. The van der Waals surface area contributed by atoms with Gasteiger partial charge in [-0.2, -0.15) is 0 Å². The van der Waals surface area contributed by atoms with Gasteiger partial charge in [0.05, 0.1) is 0 Å². The first-order valence-corrected chi connectivity index (χ1v) is 6.51. The van der Waals surface area contributed by atoms with Gasteiger partial charge in [-0.1, -0.05) is 31.5 Å². The molecule has 0 aliphatic rings. The van der Waals surface area contributed by atoms with E-state index in [-0.39, 0.29) is 0 Å². The molecule has 0 heterocycles. The first kappa shape index (κ1) is 12.6. The predicted molar refractivity (Wildman–Crippen MR) is 69.8 cm³/mol. The Morgan fingerprint density at radius 1 is 1.27 bits per heavy atom. The van der Waals surface area contributed by atoms with Gasteiger partial charge >= 0.3 is 0 Å². The van der Waals surface area contributed by atoms with E-state index in [0.717, 1.165) is 12.3 Å². The molecular weight excluding hydrogens is 202 g/mol. The smallest absolute Gasteiger partial charge is 0.0106 e. The number of benzene rings is 1. The molecule has 1 aromatic carbocycles. The van der Waals surface area contributed by atoms with Crippen LogP contribution in [0.5, 0.6) is 0 Å². The molecule has 84 valence electrons. The van der Waals surface area contributed by atoms with Crippen LogP contribution in [-0.2, 0) is 0 Å². The van der Waals surface area contributed by atoms with E-state index in [1.807, 2.05) is 11.8 Å². The van der Waals surface area contributed by atoms with Gasteiger partial charge in [-0.3, -0.25) is 0 Å². The van der Waals surface area contributed by atoms with Crippen LogP contribution in [0, 0.1) is 13.8 Å². The molecule has 0 bridgehead atoms. The summed E-state index contributed by atoms with van der Waals surface area (Å²) in [4.78, 5) is 1.41. The standard InChI is InChI=1S/C13H21NS/c1-10(2)14-7-8-15-13-6-5-11(3)9-12(13)4/h5-6,9-10,14H,7-8H2,1-4H3. The summed E-state index contributed by atoms with van der Waals surface area (Å²) in [5, 5.41) is 3.43. The highest BCUT2D eigenvalue weighted by molar-refractivity contribution is 7.99. The van der Waals surface area contributed by atoms with Crippen molar-refractivity contribution in [1.29, 1.82) is 0 Å². The number of thioether (sulfide) groups is 1. The number of nitrogens with one attached hydrogen (secondary N) is 1. The van der Waals surface area contributed by atoms with Crippen LogP contribution in [0.3, 0.4) is 0 Å². The molecular formula is C13H21NS. The Kier molecular flexibility index (Phi) is 5.20. The third-order valence-electron chi connectivity index (χ3n) is 2.24. The fourth-order valence-corrected chi connectivity index (χ4v) is 2.36. The van der Waals surface area contributed by atoms with Crippen LogP contribution in [0.4, 0.5) is 0 Å². The van der Waals surface area contributed by atoms with Crippen LogP contribution in [0.15, 0.2) is 23.1 Å². The average molecular weight is 223 g/mol. The minimum Gasteiger partial charge on any atom is -0.314 e. The van der Waals surface area contributed by atoms with Gasteiger partial charge in [0.15, 0.2) is 0 Å². The van der Waals surface area contributed by atoms with Crippen LogP contribution in [-0.4, -0.2) is 18.3 Å². The normalized spacial score (nSPS) is 11.0. The lowest BCUT2D eigenvalue weighted by Crippen LogP contribution is -2.24. The van der Waals surface area contributed by atoms with Crippen LogP contribution in [0.1, 0.15) is 25.0 Å². The average Bonchev–Trinajstić information content (AvgIpc) is 2.14. The summed E-state index contributed by atoms with van der Waals surface area (Å²) in [6, 6.07) is 7.25. The van der Waals surface area contributed by atoms with E-state index in [2.05, 4.69) is 51.2 Å². The lowest BCUT2D eigenvalue weighted by Gasteiger charge is -2.09. The molecule has 0 aliphatic carbocycles. The Labute approximate surface area is 97.7 Å². The summed E-state index contributed by atoms with van der Waals surface area (Å²) in [5.74, 6) is 1.14. The number of hydrogen-bond donors (Lipinski definition) is 1. The maximum Gasteiger partial charge on any atom is 0.0106 e. The molecule has 0 atom stereocenters. The summed E-state index contributed by atoms with van der Waals surface area (Å²) < 4.78 is 0. The molecule has 0 fully saturated rings. The van der Waals surface area contributed by atoms with Crippen molar-refractivity contribution < 1.29 is 0 Å². The summed E-state index contributed by atoms with van der Waals surface area (Å²) in [6.07, 6.45) is 0. The van der Waals surface area contributed by atoms with Crippen LogP contribution in [0.2, 0.25) is 0 Å². The predicted octanol–water partition coefficient (Wildman–Crippen LogP) is 3.39. The Hall–Kier alpha value is -0.470. The quantitative estimate of drug-likeness (QED) is 0.606. The topological polar surface area (TPSA) is 12.0 Å². The van der Waals surface area contributed by atoms with E-state index in [1.54, 1.807) is 0 Å². The monoisotopic (exact) mass is 223 g/mol. The summed E-state index contributed by atoms with van der Waals surface area (Å²) in [7, 11) is 0. The molecule has 0 spiro atoms. The van der Waals surface area contributed by atoms with E-state index in [9.17, 15) is 0 Å². The third kappa shape index (κ3) is 4.72. The van der Waals surface area contributed by atoms with Crippen LogP contribution >= 0.6 is 11.8 Å². The van der Waals surface area contributed by atoms with Gasteiger partial charge in [-0.15, -0.1) is 11.8 Å². The maximum absolute atomic E-state index is 3.43. The van der Waals surface area contributed by atoms with Crippen LogP contribution in [0.25, 0.3) is 0 Å². The first-order valence-electron chi connectivity index (χ1n) is 5.53. The maximum atomic E-state index is 3.43. The number of rotatable bonds is 5. The molecule has 0 amide bonds. The molecule has 0 aliphatic heterocycles. The molecule has 1 nitrogen and oxygen atoms in total. The largest absolute Gasteiger partial charge is 0.314 e. The SMILES string of the molecule is Cc1ccc(SCCNC(C)C)c(C)c1. The molecule has 1 rings (SSSR count). The summed E-state index contributed by atoms with van der Waals surface area (Å²) in [5.41, 5.74) is 2.74. The van der Waals surface area contributed by atoms with Crippen molar-refractivity contribution in [2.45, 2.75) is 38.6 Å². The third-order valence-corrected chi connectivity index (χ3v) is 3.42. The summed E-state index contributed by atoms with van der Waals surface area (Å²) >= 11 is 1.94. The highest BCUT2D eigenvalue weighted by Gasteiger charge is 1.99. The van der Waals surface area contributed by atoms with E-state index in [4.69, 9.17) is 0 Å². The van der Waals surface area contributed by atoms with Crippen LogP contribution < -0.4 is 5.32 Å². The highest BCUT2D eigenvalue weighted by Crippen LogP contribution is 2.22. The summed E-state index contributed by atoms with van der Waals surface area (Å²) in [6.45, 7) is 9.77. The van der Waals surface area contributed by atoms with Gasteiger partial charge in [0.25, 0.3) is 0 Å². The lowest BCUT2D eigenvalue weighted by atomic mass is 10.2.